The summed E-state index contributed by atoms with van der Waals surface area (Å²) in [5.41, 5.74) is 0.573. The predicted molar refractivity (Wildman–Crippen MR) is 78.6 cm³/mol. The van der Waals surface area contributed by atoms with Crippen LogP contribution in [-0.2, 0) is 9.47 Å². The van der Waals surface area contributed by atoms with E-state index in [9.17, 15) is 4.79 Å². The van der Waals surface area contributed by atoms with Gasteiger partial charge in [0.15, 0.2) is 0 Å². The van der Waals surface area contributed by atoms with E-state index >= 15 is 0 Å². The van der Waals surface area contributed by atoms with E-state index in [1.54, 1.807) is 18.2 Å². The molecule has 0 aromatic heterocycles. The summed E-state index contributed by atoms with van der Waals surface area (Å²) in [4.78, 5) is 11.9. The van der Waals surface area contributed by atoms with Gasteiger partial charge in [0.05, 0.1) is 29.3 Å². The van der Waals surface area contributed by atoms with Crippen LogP contribution in [0.2, 0.25) is 10.0 Å². The highest BCUT2D eigenvalue weighted by atomic mass is 35.5. The highest BCUT2D eigenvalue weighted by Crippen LogP contribution is 2.25. The summed E-state index contributed by atoms with van der Waals surface area (Å²) >= 11 is 11.7. The first-order valence-corrected chi connectivity index (χ1v) is 7.07. The summed E-state index contributed by atoms with van der Waals surface area (Å²) in [6.45, 7) is 3.43. The largest absolute Gasteiger partial charge is 0.376 e. The Morgan fingerprint density at radius 3 is 2.90 bits per heavy atom. The number of carbonyl (C=O) groups excluding carboxylic acids is 1. The molecule has 2 amide bonds. The van der Waals surface area contributed by atoms with Gasteiger partial charge in [0, 0.05) is 12.3 Å². The first kappa shape index (κ1) is 15.4. The van der Waals surface area contributed by atoms with Crippen molar-refractivity contribution in [2.24, 2.45) is 0 Å². The van der Waals surface area contributed by atoms with E-state index in [2.05, 4.69) is 10.6 Å². The maximum absolute atomic E-state index is 11.9. The molecule has 0 spiro atoms. The highest BCUT2D eigenvalue weighted by Gasteiger charge is 2.29. The lowest BCUT2D eigenvalue weighted by molar-refractivity contribution is 0.0428. The lowest BCUT2D eigenvalue weighted by Gasteiger charge is -2.19. The number of urea groups is 1. The fourth-order valence-corrected chi connectivity index (χ4v) is 2.26. The van der Waals surface area contributed by atoms with E-state index in [1.807, 2.05) is 6.92 Å². The third-order valence-corrected chi connectivity index (χ3v) is 3.64. The van der Waals surface area contributed by atoms with Gasteiger partial charge in [-0.3, -0.25) is 0 Å². The molecule has 1 saturated heterocycles. The Labute approximate surface area is 127 Å². The molecule has 0 aliphatic carbocycles. The molecule has 5 nitrogen and oxygen atoms in total. The molecule has 2 atom stereocenters. The zero-order chi connectivity index (χ0) is 14.5. The van der Waals surface area contributed by atoms with Crippen molar-refractivity contribution < 1.29 is 14.3 Å². The summed E-state index contributed by atoms with van der Waals surface area (Å²) in [5.74, 6) is 0. The van der Waals surface area contributed by atoms with Crippen molar-refractivity contribution in [3.8, 4) is 0 Å². The standard InChI is InChI=1S/C13H16Cl2N2O3/c1-2-20-12-7-19-6-11(12)17-13(18)16-8-3-4-9(14)10(15)5-8/h3-5,11-12H,2,6-7H2,1H3,(H2,16,17,18)/t11-,12-/m0/s1. The van der Waals surface area contributed by atoms with Crippen molar-refractivity contribution in [1.29, 1.82) is 0 Å². The zero-order valence-electron chi connectivity index (χ0n) is 11.0. The number of amides is 2. The average Bonchev–Trinajstić information content (AvgIpc) is 2.82. The van der Waals surface area contributed by atoms with Gasteiger partial charge in [0.1, 0.15) is 6.10 Å². The molecule has 1 aliphatic heterocycles. The fourth-order valence-electron chi connectivity index (χ4n) is 1.96. The Balaban J connectivity index is 1.90. The molecule has 0 radical (unpaired) electrons. The van der Waals surface area contributed by atoms with E-state index in [0.717, 1.165) is 0 Å². The summed E-state index contributed by atoms with van der Waals surface area (Å²) in [7, 11) is 0. The van der Waals surface area contributed by atoms with E-state index in [4.69, 9.17) is 32.7 Å². The molecule has 0 unspecified atom stereocenters. The molecule has 110 valence electrons. The number of carbonyl (C=O) groups is 1. The molecule has 0 saturated carbocycles. The van der Waals surface area contributed by atoms with Gasteiger partial charge in [-0.1, -0.05) is 23.2 Å². The molecular weight excluding hydrogens is 303 g/mol. The SMILES string of the molecule is CCO[C@H]1COC[C@@H]1NC(=O)Nc1ccc(Cl)c(Cl)c1. The molecule has 1 aromatic carbocycles. The molecule has 2 N–H and O–H groups in total. The van der Waals surface area contributed by atoms with Gasteiger partial charge in [-0.15, -0.1) is 0 Å². The number of halogens is 2. The highest BCUT2D eigenvalue weighted by molar-refractivity contribution is 6.42. The zero-order valence-corrected chi connectivity index (χ0v) is 12.5. The first-order chi connectivity index (χ1) is 9.60. The van der Waals surface area contributed by atoms with Crippen molar-refractivity contribution in [3.05, 3.63) is 28.2 Å². The topological polar surface area (TPSA) is 59.6 Å². The third-order valence-electron chi connectivity index (χ3n) is 2.90. The van der Waals surface area contributed by atoms with Gasteiger partial charge < -0.3 is 20.1 Å². The molecule has 1 heterocycles. The molecular formula is C13H16Cl2N2O3. The van der Waals surface area contributed by atoms with Crippen LogP contribution in [0, 0.1) is 0 Å². The molecule has 20 heavy (non-hydrogen) atoms. The third kappa shape index (κ3) is 3.99. The Kier molecular flexibility index (Phi) is 5.48. The van der Waals surface area contributed by atoms with E-state index in [0.29, 0.717) is 35.6 Å². The Morgan fingerprint density at radius 1 is 1.40 bits per heavy atom. The van der Waals surface area contributed by atoms with Gasteiger partial charge >= 0.3 is 6.03 Å². The van der Waals surface area contributed by atoms with Crippen LogP contribution in [-0.4, -0.2) is 38.0 Å². The molecule has 0 bridgehead atoms. The normalized spacial score (nSPS) is 21.8. The van der Waals surface area contributed by atoms with E-state index in [-0.39, 0.29) is 18.2 Å². The Bertz CT molecular complexity index is 485. The van der Waals surface area contributed by atoms with Crippen LogP contribution in [0.15, 0.2) is 18.2 Å². The number of nitrogens with one attached hydrogen (secondary N) is 2. The van der Waals surface area contributed by atoms with Crippen LogP contribution in [0.1, 0.15) is 6.92 Å². The number of ether oxygens (including phenoxy) is 2. The van der Waals surface area contributed by atoms with Gasteiger partial charge in [-0.2, -0.15) is 0 Å². The minimum absolute atomic E-state index is 0.112. The molecule has 2 rings (SSSR count). The van der Waals surface area contributed by atoms with Gasteiger partial charge in [-0.25, -0.2) is 4.79 Å². The quantitative estimate of drug-likeness (QED) is 0.897. The Morgan fingerprint density at radius 2 is 2.20 bits per heavy atom. The lowest BCUT2D eigenvalue weighted by atomic mass is 10.2. The van der Waals surface area contributed by atoms with Crippen LogP contribution >= 0.6 is 23.2 Å². The van der Waals surface area contributed by atoms with Crippen molar-refractivity contribution in [2.45, 2.75) is 19.1 Å². The van der Waals surface area contributed by atoms with Gasteiger partial charge in [0.2, 0.25) is 0 Å². The second kappa shape index (κ2) is 7.13. The van der Waals surface area contributed by atoms with Gasteiger partial charge in [-0.05, 0) is 25.1 Å². The predicted octanol–water partition coefficient (Wildman–Crippen LogP) is 2.92. The van der Waals surface area contributed by atoms with Crippen LogP contribution in [0.5, 0.6) is 0 Å². The smallest absolute Gasteiger partial charge is 0.319 e. The summed E-state index contributed by atoms with van der Waals surface area (Å²) in [6, 6.07) is 4.41. The number of hydrogen-bond acceptors (Lipinski definition) is 3. The minimum Gasteiger partial charge on any atom is -0.376 e. The van der Waals surface area contributed by atoms with Crippen molar-refractivity contribution in [2.75, 3.05) is 25.1 Å². The van der Waals surface area contributed by atoms with Gasteiger partial charge in [0.25, 0.3) is 0 Å². The monoisotopic (exact) mass is 318 g/mol. The number of rotatable bonds is 4. The summed E-state index contributed by atoms with van der Waals surface area (Å²) in [6.07, 6.45) is -0.112. The van der Waals surface area contributed by atoms with E-state index < -0.39 is 0 Å². The Hall–Kier alpha value is -1.01. The van der Waals surface area contributed by atoms with Crippen LogP contribution in [0.4, 0.5) is 10.5 Å². The maximum atomic E-state index is 11.9. The van der Waals surface area contributed by atoms with Crippen molar-refractivity contribution >= 4 is 34.9 Å². The average molecular weight is 319 g/mol. The summed E-state index contributed by atoms with van der Waals surface area (Å²) in [5, 5.41) is 6.35. The van der Waals surface area contributed by atoms with Crippen LogP contribution < -0.4 is 10.6 Å². The number of anilines is 1. The van der Waals surface area contributed by atoms with E-state index in [1.165, 1.54) is 0 Å². The van der Waals surface area contributed by atoms with Crippen molar-refractivity contribution in [3.63, 3.8) is 0 Å². The molecule has 7 heteroatoms. The second-order valence-electron chi connectivity index (χ2n) is 4.37. The second-order valence-corrected chi connectivity index (χ2v) is 5.18. The first-order valence-electron chi connectivity index (χ1n) is 6.32. The molecule has 1 aromatic rings. The summed E-state index contributed by atoms with van der Waals surface area (Å²) < 4.78 is 10.8. The maximum Gasteiger partial charge on any atom is 0.319 e. The number of benzene rings is 1. The molecule has 1 aliphatic rings. The van der Waals surface area contributed by atoms with Crippen molar-refractivity contribution in [1.82, 2.24) is 5.32 Å². The number of hydrogen-bond donors (Lipinski definition) is 2. The fraction of sp³-hybridized carbons (Fsp3) is 0.462. The van der Waals surface area contributed by atoms with Crippen LogP contribution in [0.25, 0.3) is 0 Å². The van der Waals surface area contributed by atoms with Crippen LogP contribution in [0.3, 0.4) is 0 Å². The minimum atomic E-state index is -0.330. The lowest BCUT2D eigenvalue weighted by Crippen LogP contribution is -2.45. The molecule has 1 fully saturated rings.